The number of unbranched alkanes of at least 4 members (excludes halogenated alkanes) is 1. The number of amides is 2. The topological polar surface area (TPSA) is 113 Å². The Hall–Kier alpha value is -4.58. The normalized spacial score (nSPS) is 10.8. The van der Waals surface area contributed by atoms with Gasteiger partial charge in [0.2, 0.25) is 9.84 Å². The molecule has 0 bridgehead atoms. The number of hydrogen-bond donors (Lipinski definition) is 2. The Balaban J connectivity index is 0.00000500. The maximum atomic E-state index is 13.2. The second-order valence-corrected chi connectivity index (χ2v) is 13.4. The summed E-state index contributed by atoms with van der Waals surface area (Å²) in [6, 6.07) is 33.3. The van der Waals surface area contributed by atoms with Gasteiger partial charge in [0.1, 0.15) is 6.54 Å². The molecule has 2 N–H and O–H groups in total. The smallest absolute Gasteiger partial charge is 0.256 e. The van der Waals surface area contributed by atoms with Crippen molar-refractivity contribution in [2.75, 3.05) is 10.6 Å². The highest BCUT2D eigenvalue weighted by Crippen LogP contribution is 2.27. The minimum absolute atomic E-state index is 0. The third-order valence-electron chi connectivity index (χ3n) is 7.06. The van der Waals surface area contributed by atoms with Crippen LogP contribution in [0.2, 0.25) is 0 Å². The summed E-state index contributed by atoms with van der Waals surface area (Å²) >= 11 is 1.05. The summed E-state index contributed by atoms with van der Waals surface area (Å²) in [5.41, 5.74) is 1.73. The molecule has 0 saturated heterocycles. The van der Waals surface area contributed by atoms with Crippen LogP contribution in [0.25, 0.3) is 0 Å². The molecule has 0 aliphatic carbocycles. The zero-order valence-corrected chi connectivity index (χ0v) is 28.4. The summed E-state index contributed by atoms with van der Waals surface area (Å²) in [5.74, 6) is -0.699. The Morgan fingerprint density at radius 1 is 0.617 bits per heavy atom. The molecule has 2 amide bonds. The zero-order chi connectivity index (χ0) is 32.4. The van der Waals surface area contributed by atoms with Gasteiger partial charge >= 0.3 is 0 Å². The first-order valence-electron chi connectivity index (χ1n) is 14.7. The first kappa shape index (κ1) is 35.3. The molecule has 1 aromatic heterocycles. The number of benzene rings is 4. The Bertz CT molecular complexity index is 1920. The quantitative estimate of drug-likeness (QED) is 0.115. The molecule has 5 rings (SSSR count). The van der Waals surface area contributed by atoms with Gasteiger partial charge in [-0.05, 0) is 79.2 Å². The number of halogens is 1. The Morgan fingerprint density at radius 2 is 1.15 bits per heavy atom. The van der Waals surface area contributed by atoms with Gasteiger partial charge in [-0.3, -0.25) is 14.4 Å². The lowest BCUT2D eigenvalue weighted by atomic mass is 10.2. The van der Waals surface area contributed by atoms with Crippen LogP contribution >= 0.6 is 11.8 Å². The van der Waals surface area contributed by atoms with E-state index >= 15 is 0 Å². The molecule has 0 aliphatic rings. The van der Waals surface area contributed by atoms with Crippen LogP contribution in [0.3, 0.4) is 0 Å². The number of carbonyl (C=O) groups excluding carboxylic acids is 3. The largest absolute Gasteiger partial charge is 1.00 e. The highest BCUT2D eigenvalue weighted by Gasteiger charge is 2.19. The lowest BCUT2D eigenvalue weighted by molar-refractivity contribution is -0.697. The van der Waals surface area contributed by atoms with Crippen molar-refractivity contribution in [2.45, 2.75) is 40.5 Å². The van der Waals surface area contributed by atoms with Gasteiger partial charge in [0.05, 0.1) is 15.4 Å². The Labute approximate surface area is 288 Å². The molecule has 0 radical (unpaired) electrons. The van der Waals surface area contributed by atoms with Gasteiger partial charge in [0, 0.05) is 46.8 Å². The van der Waals surface area contributed by atoms with Crippen molar-refractivity contribution in [3.63, 3.8) is 0 Å². The molecular formula is C36H32BrN3O5S2. The number of rotatable bonds is 12. The van der Waals surface area contributed by atoms with Crippen LogP contribution in [0.4, 0.5) is 11.4 Å². The molecule has 0 saturated carbocycles. The average Bonchev–Trinajstić information content (AvgIpc) is 3.08. The van der Waals surface area contributed by atoms with Crippen LogP contribution in [-0.4, -0.2) is 25.3 Å². The minimum atomic E-state index is -3.85. The maximum absolute atomic E-state index is 13.2. The van der Waals surface area contributed by atoms with E-state index in [2.05, 4.69) is 15.2 Å². The van der Waals surface area contributed by atoms with Crippen molar-refractivity contribution in [1.82, 2.24) is 0 Å². The number of anilines is 2. The van der Waals surface area contributed by atoms with E-state index in [9.17, 15) is 22.8 Å². The van der Waals surface area contributed by atoms with E-state index in [1.165, 1.54) is 48.5 Å². The maximum Gasteiger partial charge on any atom is 0.256 e. The van der Waals surface area contributed by atoms with Gasteiger partial charge in [-0.1, -0.05) is 48.2 Å². The number of pyridine rings is 1. The molecule has 0 fully saturated rings. The Kier molecular flexibility index (Phi) is 12.6. The van der Waals surface area contributed by atoms with Crippen LogP contribution in [0.1, 0.15) is 40.0 Å². The van der Waals surface area contributed by atoms with Crippen molar-refractivity contribution >= 4 is 49.9 Å². The number of thioether (sulfide) groups is 1. The standard InChI is InChI=1S/C36H31N3O5S2.BrH/c40-34(15-7-10-26-39-24-8-2-9-25-39)45-33-14-6-5-13-32(33)36(42)38-29-18-22-31(23-19-29)46(43,44)30-20-16-28(17-21-30)37-35(41)27-11-3-1-4-12-27;/h1-6,8-9,11-14,16-25H,7,10,15,26H2,(H-,37,38,41,42);1H. The van der Waals surface area contributed by atoms with Crippen molar-refractivity contribution in [3.8, 4) is 0 Å². The van der Waals surface area contributed by atoms with Gasteiger partial charge in [-0.15, -0.1) is 0 Å². The van der Waals surface area contributed by atoms with Gasteiger partial charge in [0.15, 0.2) is 17.5 Å². The molecule has 0 spiro atoms. The lowest BCUT2D eigenvalue weighted by Gasteiger charge is -2.11. The predicted octanol–water partition coefficient (Wildman–Crippen LogP) is 3.80. The number of carbonyl (C=O) groups is 3. The molecule has 47 heavy (non-hydrogen) atoms. The third-order valence-corrected chi connectivity index (χ3v) is 9.85. The molecular weight excluding hydrogens is 698 g/mol. The fourth-order valence-corrected chi connectivity index (χ4v) is 6.80. The highest BCUT2D eigenvalue weighted by molar-refractivity contribution is 8.13. The summed E-state index contributed by atoms with van der Waals surface area (Å²) in [7, 11) is -3.85. The van der Waals surface area contributed by atoms with Crippen LogP contribution in [0.15, 0.2) is 148 Å². The molecule has 1 heterocycles. The molecule has 11 heteroatoms. The number of hydrogen-bond acceptors (Lipinski definition) is 6. The monoisotopic (exact) mass is 729 g/mol. The van der Waals surface area contributed by atoms with E-state index in [-0.39, 0.29) is 37.8 Å². The molecule has 240 valence electrons. The molecule has 8 nitrogen and oxygen atoms in total. The minimum Gasteiger partial charge on any atom is -1.00 e. The predicted molar refractivity (Wildman–Crippen MR) is 178 cm³/mol. The Morgan fingerprint density at radius 3 is 1.77 bits per heavy atom. The molecule has 0 unspecified atom stereocenters. The second-order valence-electron chi connectivity index (χ2n) is 10.4. The molecule has 0 aliphatic heterocycles. The molecule has 4 aromatic carbocycles. The molecule has 0 atom stereocenters. The summed E-state index contributed by atoms with van der Waals surface area (Å²) < 4.78 is 28.6. The van der Waals surface area contributed by atoms with E-state index < -0.39 is 15.7 Å². The SMILES string of the molecule is O=C(CCCC[n+]1ccccc1)Sc1ccccc1C(=O)Nc1ccc(S(=O)(=O)c2ccc(NC(=O)c3ccccc3)cc2)cc1.[Br-]. The fourth-order valence-electron chi connectivity index (χ4n) is 4.63. The van der Waals surface area contributed by atoms with E-state index in [4.69, 9.17) is 0 Å². The van der Waals surface area contributed by atoms with Crippen LogP contribution < -0.4 is 32.2 Å². The van der Waals surface area contributed by atoms with Gasteiger partial charge in [0.25, 0.3) is 11.8 Å². The summed E-state index contributed by atoms with van der Waals surface area (Å²) in [5, 5.41) is 5.54. The van der Waals surface area contributed by atoms with Crippen molar-refractivity contribution in [3.05, 3.63) is 145 Å². The second kappa shape index (κ2) is 16.8. The van der Waals surface area contributed by atoms with E-state index in [0.29, 0.717) is 33.8 Å². The number of aromatic nitrogens is 1. The number of nitrogens with zero attached hydrogens (tertiary/aromatic N) is 1. The van der Waals surface area contributed by atoms with Gasteiger partial charge in [-0.2, -0.15) is 0 Å². The fraction of sp³-hybridized carbons (Fsp3) is 0.111. The van der Waals surface area contributed by atoms with Crippen LogP contribution in [0.5, 0.6) is 0 Å². The number of nitrogens with one attached hydrogen (secondary N) is 2. The van der Waals surface area contributed by atoms with Crippen molar-refractivity contribution < 1.29 is 44.3 Å². The number of sulfone groups is 1. The van der Waals surface area contributed by atoms with Crippen molar-refractivity contribution in [2.24, 2.45) is 0 Å². The number of aryl methyl sites for hydroxylation is 1. The summed E-state index contributed by atoms with van der Waals surface area (Å²) in [4.78, 5) is 38.9. The highest BCUT2D eigenvalue weighted by atomic mass is 79.9. The summed E-state index contributed by atoms with van der Waals surface area (Å²) in [6.07, 6.45) is 6.00. The first-order chi connectivity index (χ1) is 22.3. The third kappa shape index (κ3) is 9.71. The van der Waals surface area contributed by atoms with E-state index in [1.807, 2.05) is 36.7 Å². The van der Waals surface area contributed by atoms with Gasteiger partial charge < -0.3 is 27.6 Å². The van der Waals surface area contributed by atoms with E-state index in [0.717, 1.165) is 31.1 Å². The lowest BCUT2D eigenvalue weighted by Crippen LogP contribution is -3.00. The summed E-state index contributed by atoms with van der Waals surface area (Å²) in [6.45, 7) is 0.832. The van der Waals surface area contributed by atoms with E-state index in [1.54, 1.807) is 48.5 Å². The average molecular weight is 731 g/mol. The molecule has 5 aromatic rings. The van der Waals surface area contributed by atoms with Crippen molar-refractivity contribution in [1.29, 1.82) is 0 Å². The van der Waals surface area contributed by atoms with Crippen LogP contribution in [-0.2, 0) is 21.2 Å². The first-order valence-corrected chi connectivity index (χ1v) is 17.0. The van der Waals surface area contributed by atoms with Gasteiger partial charge in [-0.25, -0.2) is 13.0 Å². The van der Waals surface area contributed by atoms with Crippen LogP contribution in [0, 0.1) is 0 Å². The zero-order valence-electron chi connectivity index (χ0n) is 25.2.